The van der Waals surface area contributed by atoms with Crippen LogP contribution in [0.2, 0.25) is 0 Å². The number of hydrogen-bond donors (Lipinski definition) is 1. The number of allylic oxidation sites excluding steroid dienone is 1. The van der Waals surface area contributed by atoms with E-state index in [1.54, 1.807) is 0 Å². The Hall–Kier alpha value is -1.77. The first-order valence-corrected chi connectivity index (χ1v) is 5.93. The number of hydrogen-bond acceptors (Lipinski definition) is 3. The van der Waals surface area contributed by atoms with Crippen molar-refractivity contribution in [3.8, 4) is 0 Å². The predicted octanol–water partition coefficient (Wildman–Crippen LogP) is 2.34. The van der Waals surface area contributed by atoms with Gasteiger partial charge in [0.2, 0.25) is 0 Å². The molecule has 3 heteroatoms. The summed E-state index contributed by atoms with van der Waals surface area (Å²) in [4.78, 5) is 11.9. The van der Waals surface area contributed by atoms with Crippen molar-refractivity contribution >= 4 is 11.5 Å². The quantitative estimate of drug-likeness (QED) is 0.627. The van der Waals surface area contributed by atoms with Gasteiger partial charge in [-0.3, -0.25) is 0 Å². The van der Waals surface area contributed by atoms with Crippen molar-refractivity contribution in [1.29, 1.82) is 0 Å². The summed E-state index contributed by atoms with van der Waals surface area (Å²) in [5.41, 5.74) is 2.60. The second kappa shape index (κ2) is 5.53. The molecule has 0 bridgehead atoms. The second-order valence-corrected chi connectivity index (χ2v) is 4.10. The van der Waals surface area contributed by atoms with Crippen LogP contribution in [0.3, 0.4) is 0 Å². The van der Waals surface area contributed by atoms with Gasteiger partial charge in [-0.25, -0.2) is 4.79 Å². The zero-order valence-electron chi connectivity index (χ0n) is 10.0. The fraction of sp³-hybridized carbons (Fsp3) is 0.357. The number of piperidine rings is 1. The third kappa shape index (κ3) is 2.67. The molecule has 0 unspecified atom stereocenters. The number of esters is 1. The average molecular weight is 231 g/mol. The number of carbonyl (C=O) groups excluding carboxylic acids is 1. The summed E-state index contributed by atoms with van der Waals surface area (Å²) in [5, 5.41) is 3.31. The normalized spacial score (nSPS) is 18.2. The van der Waals surface area contributed by atoms with E-state index in [9.17, 15) is 4.79 Å². The van der Waals surface area contributed by atoms with Crippen LogP contribution in [-0.2, 0) is 9.53 Å². The van der Waals surface area contributed by atoms with E-state index in [0.717, 1.165) is 37.1 Å². The van der Waals surface area contributed by atoms with Gasteiger partial charge in [0, 0.05) is 12.2 Å². The zero-order chi connectivity index (χ0) is 12.1. The molecule has 1 aliphatic rings. The molecule has 17 heavy (non-hydrogen) atoms. The van der Waals surface area contributed by atoms with Crippen LogP contribution in [0.1, 0.15) is 24.8 Å². The number of carbonyl (C=O) groups is 1. The standard InChI is InChI=1S/C14H17NO2/c1-17-14(16)13(11-7-3-2-4-8-11)12-9-5-6-10-15-12/h2-4,7-8,15H,5-6,9-10H2,1H3/b13-12+. The number of rotatable bonds is 2. The van der Waals surface area contributed by atoms with Crippen LogP contribution < -0.4 is 5.32 Å². The van der Waals surface area contributed by atoms with Crippen LogP contribution >= 0.6 is 0 Å². The van der Waals surface area contributed by atoms with Gasteiger partial charge in [-0.15, -0.1) is 0 Å². The second-order valence-electron chi connectivity index (χ2n) is 4.10. The van der Waals surface area contributed by atoms with Gasteiger partial charge in [0.25, 0.3) is 0 Å². The molecule has 1 heterocycles. The Bertz CT molecular complexity index is 415. The fourth-order valence-electron chi connectivity index (χ4n) is 2.09. The smallest absolute Gasteiger partial charge is 0.340 e. The predicted molar refractivity (Wildman–Crippen MR) is 67.2 cm³/mol. The van der Waals surface area contributed by atoms with Crippen LogP contribution in [-0.4, -0.2) is 19.6 Å². The molecular formula is C14H17NO2. The average Bonchev–Trinajstić information content (AvgIpc) is 2.41. The van der Waals surface area contributed by atoms with Gasteiger partial charge in [-0.1, -0.05) is 30.3 Å². The topological polar surface area (TPSA) is 38.3 Å². The lowest BCUT2D eigenvalue weighted by molar-refractivity contribution is -0.133. The van der Waals surface area contributed by atoms with E-state index in [1.165, 1.54) is 7.11 Å². The van der Waals surface area contributed by atoms with E-state index < -0.39 is 0 Å². The summed E-state index contributed by atoms with van der Waals surface area (Å²) >= 11 is 0. The number of ether oxygens (including phenoxy) is 1. The monoisotopic (exact) mass is 231 g/mol. The summed E-state index contributed by atoms with van der Waals surface area (Å²) < 4.78 is 4.88. The third-order valence-corrected chi connectivity index (χ3v) is 2.95. The van der Waals surface area contributed by atoms with Gasteiger partial charge in [0.05, 0.1) is 12.7 Å². The Morgan fingerprint density at radius 3 is 2.59 bits per heavy atom. The Morgan fingerprint density at radius 1 is 1.24 bits per heavy atom. The molecule has 0 radical (unpaired) electrons. The minimum atomic E-state index is -0.263. The lowest BCUT2D eigenvalue weighted by Crippen LogP contribution is -2.23. The number of benzene rings is 1. The molecule has 90 valence electrons. The summed E-state index contributed by atoms with van der Waals surface area (Å²) in [6.45, 7) is 0.933. The highest BCUT2D eigenvalue weighted by molar-refractivity contribution is 6.17. The molecule has 0 aliphatic carbocycles. The van der Waals surface area contributed by atoms with Crippen LogP contribution in [0.5, 0.6) is 0 Å². The SMILES string of the molecule is COC(=O)/C(=C1\CCCCN1)c1ccccc1. The molecule has 1 saturated heterocycles. The minimum absolute atomic E-state index is 0.263. The molecule has 3 nitrogen and oxygen atoms in total. The van der Waals surface area contributed by atoms with Crippen LogP contribution in [0.15, 0.2) is 36.0 Å². The summed E-state index contributed by atoms with van der Waals surface area (Å²) in [7, 11) is 1.43. The molecule has 1 aromatic rings. The van der Waals surface area contributed by atoms with E-state index in [1.807, 2.05) is 30.3 Å². The first-order chi connectivity index (χ1) is 8.33. The highest BCUT2D eigenvalue weighted by atomic mass is 16.5. The van der Waals surface area contributed by atoms with Gasteiger partial charge < -0.3 is 10.1 Å². The van der Waals surface area contributed by atoms with Gasteiger partial charge in [0.1, 0.15) is 0 Å². The highest BCUT2D eigenvalue weighted by Crippen LogP contribution is 2.24. The van der Waals surface area contributed by atoms with Crippen LogP contribution in [0.25, 0.3) is 5.57 Å². The molecule has 1 fully saturated rings. The van der Waals surface area contributed by atoms with Gasteiger partial charge in [-0.2, -0.15) is 0 Å². The molecule has 0 atom stereocenters. The maximum absolute atomic E-state index is 11.9. The lowest BCUT2D eigenvalue weighted by Gasteiger charge is -2.20. The van der Waals surface area contributed by atoms with Crippen LogP contribution in [0.4, 0.5) is 0 Å². The van der Waals surface area contributed by atoms with Crippen molar-refractivity contribution in [2.45, 2.75) is 19.3 Å². The largest absolute Gasteiger partial charge is 0.465 e. The minimum Gasteiger partial charge on any atom is -0.465 e. The Labute approximate surface area is 101 Å². The van der Waals surface area contributed by atoms with Gasteiger partial charge >= 0.3 is 5.97 Å². The lowest BCUT2D eigenvalue weighted by atomic mass is 9.98. The van der Waals surface area contributed by atoms with Crippen molar-refractivity contribution in [2.75, 3.05) is 13.7 Å². The molecule has 0 aromatic heterocycles. The highest BCUT2D eigenvalue weighted by Gasteiger charge is 2.19. The van der Waals surface area contributed by atoms with Crippen molar-refractivity contribution in [2.24, 2.45) is 0 Å². The first kappa shape index (κ1) is 11.7. The first-order valence-electron chi connectivity index (χ1n) is 5.93. The summed E-state index contributed by atoms with van der Waals surface area (Å²) in [6.07, 6.45) is 3.20. The molecule has 1 N–H and O–H groups in total. The Morgan fingerprint density at radius 2 is 2.00 bits per heavy atom. The molecule has 0 spiro atoms. The van der Waals surface area contributed by atoms with Crippen molar-refractivity contribution in [1.82, 2.24) is 5.32 Å². The van der Waals surface area contributed by atoms with Crippen molar-refractivity contribution in [3.63, 3.8) is 0 Å². The molecule has 2 rings (SSSR count). The van der Waals surface area contributed by atoms with Gasteiger partial charge in [-0.05, 0) is 24.8 Å². The maximum Gasteiger partial charge on any atom is 0.340 e. The number of nitrogens with one attached hydrogen (secondary N) is 1. The van der Waals surface area contributed by atoms with E-state index in [0.29, 0.717) is 5.57 Å². The maximum atomic E-state index is 11.9. The van der Waals surface area contributed by atoms with E-state index in [-0.39, 0.29) is 5.97 Å². The Balaban J connectivity index is 2.41. The molecular weight excluding hydrogens is 214 g/mol. The van der Waals surface area contributed by atoms with Crippen molar-refractivity contribution in [3.05, 3.63) is 41.6 Å². The van der Waals surface area contributed by atoms with E-state index in [2.05, 4.69) is 5.32 Å². The molecule has 0 amide bonds. The molecule has 0 saturated carbocycles. The summed E-state index contributed by atoms with van der Waals surface area (Å²) in [5.74, 6) is -0.263. The van der Waals surface area contributed by atoms with E-state index in [4.69, 9.17) is 4.74 Å². The number of methoxy groups -OCH3 is 1. The molecule has 1 aliphatic heterocycles. The zero-order valence-corrected chi connectivity index (χ0v) is 10.0. The third-order valence-electron chi connectivity index (χ3n) is 2.95. The van der Waals surface area contributed by atoms with Crippen LogP contribution in [0, 0.1) is 0 Å². The Kier molecular flexibility index (Phi) is 3.81. The molecule has 1 aromatic carbocycles. The van der Waals surface area contributed by atoms with E-state index >= 15 is 0 Å². The van der Waals surface area contributed by atoms with Crippen molar-refractivity contribution < 1.29 is 9.53 Å². The fourth-order valence-corrected chi connectivity index (χ4v) is 2.09. The van der Waals surface area contributed by atoms with Gasteiger partial charge in [0.15, 0.2) is 0 Å². The summed E-state index contributed by atoms with van der Waals surface area (Å²) in [6, 6.07) is 9.69.